The van der Waals surface area contributed by atoms with Gasteiger partial charge >= 0.3 is 0 Å². The fourth-order valence-corrected chi connectivity index (χ4v) is 3.58. The molecule has 0 saturated carbocycles. The van der Waals surface area contributed by atoms with Gasteiger partial charge in [0.05, 0.1) is 12.1 Å². The van der Waals surface area contributed by atoms with Crippen molar-refractivity contribution in [2.75, 3.05) is 30.8 Å². The number of hydrogen-bond acceptors (Lipinski definition) is 5. The molecule has 2 amide bonds. The standard InChI is InChI=1S/C21H20N4O2S/c1-25(11-9-19(26)24-21-16(13-22)10-12-28-21)14-20(27)23-18-8-4-6-15-5-2-3-7-17(15)18/h2-8,10,12H,9,11,14H2,1H3,(H,23,27)(H,24,26). The van der Waals surface area contributed by atoms with Crippen LogP contribution in [-0.2, 0) is 9.59 Å². The van der Waals surface area contributed by atoms with Crippen LogP contribution in [0.1, 0.15) is 12.0 Å². The first-order valence-electron chi connectivity index (χ1n) is 8.80. The molecular weight excluding hydrogens is 372 g/mol. The average Bonchev–Trinajstić information content (AvgIpc) is 3.13. The largest absolute Gasteiger partial charge is 0.324 e. The molecule has 142 valence electrons. The lowest BCUT2D eigenvalue weighted by Crippen LogP contribution is -2.32. The van der Waals surface area contributed by atoms with Crippen LogP contribution in [0, 0.1) is 11.3 Å². The molecule has 3 rings (SSSR count). The number of hydrogen-bond donors (Lipinski definition) is 2. The molecule has 0 spiro atoms. The molecule has 1 aromatic heterocycles. The Kier molecular flexibility index (Phi) is 6.37. The lowest BCUT2D eigenvalue weighted by Gasteiger charge is -2.16. The maximum Gasteiger partial charge on any atom is 0.238 e. The molecule has 6 nitrogen and oxygen atoms in total. The summed E-state index contributed by atoms with van der Waals surface area (Å²) in [6, 6.07) is 17.4. The molecule has 0 bridgehead atoms. The molecule has 2 aromatic carbocycles. The molecule has 2 N–H and O–H groups in total. The molecule has 0 radical (unpaired) electrons. The summed E-state index contributed by atoms with van der Waals surface area (Å²) in [7, 11) is 1.79. The van der Waals surface area contributed by atoms with Crippen molar-refractivity contribution in [2.45, 2.75) is 6.42 Å². The van der Waals surface area contributed by atoms with Crippen LogP contribution in [0.4, 0.5) is 10.7 Å². The van der Waals surface area contributed by atoms with E-state index in [0.29, 0.717) is 17.1 Å². The number of anilines is 2. The van der Waals surface area contributed by atoms with Crippen LogP contribution in [0.25, 0.3) is 10.8 Å². The minimum Gasteiger partial charge on any atom is -0.324 e. The van der Waals surface area contributed by atoms with Gasteiger partial charge in [0.15, 0.2) is 0 Å². The van der Waals surface area contributed by atoms with Crippen LogP contribution >= 0.6 is 11.3 Å². The summed E-state index contributed by atoms with van der Waals surface area (Å²) >= 11 is 1.32. The summed E-state index contributed by atoms with van der Waals surface area (Å²) in [5.74, 6) is -0.315. The van der Waals surface area contributed by atoms with Crippen molar-refractivity contribution in [3.05, 3.63) is 59.5 Å². The highest BCUT2D eigenvalue weighted by atomic mass is 32.1. The van der Waals surface area contributed by atoms with Crippen molar-refractivity contribution >= 4 is 44.6 Å². The van der Waals surface area contributed by atoms with Gasteiger partial charge < -0.3 is 10.6 Å². The minimum absolute atomic E-state index is 0.135. The number of nitrogens with one attached hydrogen (secondary N) is 2. The van der Waals surface area contributed by atoms with E-state index in [0.717, 1.165) is 16.5 Å². The molecule has 3 aromatic rings. The second-order valence-corrected chi connectivity index (χ2v) is 7.30. The van der Waals surface area contributed by atoms with Crippen LogP contribution in [0.2, 0.25) is 0 Å². The first-order valence-corrected chi connectivity index (χ1v) is 9.68. The first-order chi connectivity index (χ1) is 13.6. The Morgan fingerprint density at radius 1 is 1.07 bits per heavy atom. The van der Waals surface area contributed by atoms with Crippen molar-refractivity contribution in [1.82, 2.24) is 4.90 Å². The number of rotatable bonds is 7. The summed E-state index contributed by atoms with van der Waals surface area (Å²) in [5, 5.41) is 19.0. The van der Waals surface area contributed by atoms with Crippen LogP contribution in [0.5, 0.6) is 0 Å². The zero-order valence-electron chi connectivity index (χ0n) is 15.4. The van der Waals surface area contributed by atoms with E-state index >= 15 is 0 Å². The van der Waals surface area contributed by atoms with E-state index in [1.165, 1.54) is 11.3 Å². The molecule has 7 heteroatoms. The number of carbonyl (C=O) groups excluding carboxylic acids is 2. The van der Waals surface area contributed by atoms with E-state index < -0.39 is 0 Å². The van der Waals surface area contributed by atoms with Crippen molar-refractivity contribution in [3.63, 3.8) is 0 Å². The smallest absolute Gasteiger partial charge is 0.238 e. The number of carbonyl (C=O) groups is 2. The van der Waals surface area contributed by atoms with Crippen molar-refractivity contribution < 1.29 is 9.59 Å². The summed E-state index contributed by atoms with van der Waals surface area (Å²) in [4.78, 5) is 26.2. The van der Waals surface area contributed by atoms with Gasteiger partial charge in [-0.25, -0.2) is 0 Å². The second kappa shape index (κ2) is 9.13. The predicted molar refractivity (Wildman–Crippen MR) is 112 cm³/mol. The second-order valence-electron chi connectivity index (χ2n) is 6.39. The van der Waals surface area contributed by atoms with E-state index in [2.05, 4.69) is 10.6 Å². The number of benzene rings is 2. The number of nitrogens with zero attached hydrogens (tertiary/aromatic N) is 2. The predicted octanol–water partition coefficient (Wildman–Crippen LogP) is 3.67. The average molecular weight is 392 g/mol. The van der Waals surface area contributed by atoms with Gasteiger partial charge in [0.25, 0.3) is 0 Å². The van der Waals surface area contributed by atoms with Gasteiger partial charge in [0, 0.05) is 24.0 Å². The topological polar surface area (TPSA) is 85.2 Å². The number of amides is 2. The Morgan fingerprint density at radius 3 is 2.68 bits per heavy atom. The summed E-state index contributed by atoms with van der Waals surface area (Å²) in [6.07, 6.45) is 0.237. The fourth-order valence-electron chi connectivity index (χ4n) is 2.82. The zero-order valence-corrected chi connectivity index (χ0v) is 16.3. The third kappa shape index (κ3) is 4.94. The highest BCUT2D eigenvalue weighted by Crippen LogP contribution is 2.23. The molecule has 0 aliphatic carbocycles. The molecule has 0 aliphatic heterocycles. The maximum absolute atomic E-state index is 12.4. The van der Waals surface area contributed by atoms with Crippen LogP contribution in [-0.4, -0.2) is 36.9 Å². The molecule has 0 saturated heterocycles. The third-order valence-corrected chi connectivity index (χ3v) is 5.07. The molecular formula is C21H20N4O2S. The molecule has 1 heterocycles. The Morgan fingerprint density at radius 2 is 1.86 bits per heavy atom. The SMILES string of the molecule is CN(CCC(=O)Nc1sccc1C#N)CC(=O)Nc1cccc2ccccc12. The van der Waals surface area contributed by atoms with Gasteiger partial charge in [-0.15, -0.1) is 11.3 Å². The number of fused-ring (bicyclic) bond motifs is 1. The summed E-state index contributed by atoms with van der Waals surface area (Å²) < 4.78 is 0. The van der Waals surface area contributed by atoms with Gasteiger partial charge in [-0.2, -0.15) is 5.26 Å². The Labute approximate surface area is 167 Å². The number of thiophene rings is 1. The van der Waals surface area contributed by atoms with Crippen molar-refractivity contribution in [2.24, 2.45) is 0 Å². The molecule has 0 fully saturated rings. The van der Waals surface area contributed by atoms with Crippen LogP contribution in [0.15, 0.2) is 53.9 Å². The number of nitriles is 1. The summed E-state index contributed by atoms with van der Waals surface area (Å²) in [5.41, 5.74) is 1.23. The number of likely N-dealkylation sites (N-methyl/N-ethyl adjacent to an activating group) is 1. The van der Waals surface area contributed by atoms with Crippen LogP contribution < -0.4 is 10.6 Å². The van der Waals surface area contributed by atoms with E-state index in [9.17, 15) is 9.59 Å². The Balaban J connectivity index is 1.49. The van der Waals surface area contributed by atoms with Gasteiger partial charge in [-0.1, -0.05) is 36.4 Å². The van der Waals surface area contributed by atoms with Crippen LogP contribution in [0.3, 0.4) is 0 Å². The van der Waals surface area contributed by atoms with E-state index in [-0.39, 0.29) is 24.8 Å². The van der Waals surface area contributed by atoms with Gasteiger partial charge in [-0.05, 0) is 29.9 Å². The lowest BCUT2D eigenvalue weighted by molar-refractivity contribution is -0.119. The van der Waals surface area contributed by atoms with Gasteiger partial charge in [0.1, 0.15) is 11.1 Å². The zero-order chi connectivity index (χ0) is 19.9. The third-order valence-electron chi connectivity index (χ3n) is 4.24. The van der Waals surface area contributed by atoms with Gasteiger partial charge in [0.2, 0.25) is 11.8 Å². The van der Waals surface area contributed by atoms with Gasteiger partial charge in [-0.3, -0.25) is 14.5 Å². The van der Waals surface area contributed by atoms with E-state index in [1.54, 1.807) is 23.4 Å². The maximum atomic E-state index is 12.4. The van der Waals surface area contributed by atoms with Crippen molar-refractivity contribution in [3.8, 4) is 6.07 Å². The van der Waals surface area contributed by atoms with E-state index in [1.807, 2.05) is 48.5 Å². The summed E-state index contributed by atoms with van der Waals surface area (Å²) in [6.45, 7) is 0.612. The first kappa shape index (κ1) is 19.5. The quantitative estimate of drug-likeness (QED) is 0.642. The highest BCUT2D eigenvalue weighted by molar-refractivity contribution is 7.14. The fraction of sp³-hybridized carbons (Fsp3) is 0.190. The van der Waals surface area contributed by atoms with E-state index in [4.69, 9.17) is 5.26 Å². The highest BCUT2D eigenvalue weighted by Gasteiger charge is 2.12. The normalized spacial score (nSPS) is 10.6. The monoisotopic (exact) mass is 392 g/mol. The lowest BCUT2D eigenvalue weighted by atomic mass is 10.1. The Hall–Kier alpha value is -3.21. The molecule has 0 atom stereocenters. The molecule has 0 unspecified atom stereocenters. The minimum atomic E-state index is -0.180. The molecule has 0 aliphatic rings. The Bertz CT molecular complexity index is 1030. The van der Waals surface area contributed by atoms with Crippen molar-refractivity contribution in [1.29, 1.82) is 5.26 Å². The molecule has 28 heavy (non-hydrogen) atoms.